The third-order valence-corrected chi connectivity index (χ3v) is 1.45. The van der Waals surface area contributed by atoms with Gasteiger partial charge in [-0.05, 0) is 26.0 Å². The molecule has 0 aromatic heterocycles. The van der Waals surface area contributed by atoms with Crippen molar-refractivity contribution in [3.8, 4) is 5.75 Å². The molecule has 14 heavy (non-hydrogen) atoms. The SMILES string of the molecule is CC(C)Oc1ccc(F)cc1N=C=O. The highest BCUT2D eigenvalue weighted by molar-refractivity contribution is 5.57. The molecule has 0 aliphatic carbocycles. The summed E-state index contributed by atoms with van der Waals surface area (Å²) in [5.41, 5.74) is 0.161. The summed E-state index contributed by atoms with van der Waals surface area (Å²) >= 11 is 0. The van der Waals surface area contributed by atoms with E-state index in [9.17, 15) is 9.18 Å². The number of hydrogen-bond donors (Lipinski definition) is 0. The Bertz CT molecular complexity index is 370. The summed E-state index contributed by atoms with van der Waals surface area (Å²) in [6.07, 6.45) is 1.30. The van der Waals surface area contributed by atoms with Gasteiger partial charge in [-0.15, -0.1) is 0 Å². The van der Waals surface area contributed by atoms with Crippen LogP contribution >= 0.6 is 0 Å². The molecule has 0 unspecified atom stereocenters. The molecule has 0 aliphatic heterocycles. The Balaban J connectivity index is 3.07. The smallest absolute Gasteiger partial charge is 0.240 e. The summed E-state index contributed by atoms with van der Waals surface area (Å²) in [4.78, 5) is 13.4. The maximum absolute atomic E-state index is 12.8. The fourth-order valence-corrected chi connectivity index (χ4v) is 0.981. The third kappa shape index (κ3) is 2.68. The molecular weight excluding hydrogens is 185 g/mol. The zero-order chi connectivity index (χ0) is 10.6. The van der Waals surface area contributed by atoms with Crippen LogP contribution in [0.5, 0.6) is 5.75 Å². The second-order valence-corrected chi connectivity index (χ2v) is 2.98. The van der Waals surface area contributed by atoms with Gasteiger partial charge in [-0.25, -0.2) is 9.18 Å². The van der Waals surface area contributed by atoms with E-state index in [4.69, 9.17) is 4.74 Å². The van der Waals surface area contributed by atoms with Gasteiger partial charge in [0.15, 0.2) is 0 Å². The zero-order valence-corrected chi connectivity index (χ0v) is 7.95. The van der Waals surface area contributed by atoms with Crippen molar-refractivity contribution in [2.45, 2.75) is 20.0 Å². The predicted octanol–water partition coefficient (Wildman–Crippen LogP) is 2.58. The Morgan fingerprint density at radius 3 is 2.79 bits per heavy atom. The van der Waals surface area contributed by atoms with Gasteiger partial charge in [0.25, 0.3) is 0 Å². The number of ether oxygens (including phenoxy) is 1. The van der Waals surface area contributed by atoms with Gasteiger partial charge in [-0.2, -0.15) is 4.99 Å². The van der Waals surface area contributed by atoms with Crippen LogP contribution in [-0.2, 0) is 4.79 Å². The van der Waals surface area contributed by atoms with Crippen molar-refractivity contribution in [3.63, 3.8) is 0 Å². The summed E-state index contributed by atoms with van der Waals surface area (Å²) in [7, 11) is 0. The molecule has 0 bridgehead atoms. The first-order chi connectivity index (χ1) is 6.63. The van der Waals surface area contributed by atoms with Crippen molar-refractivity contribution >= 4 is 11.8 Å². The van der Waals surface area contributed by atoms with Crippen LogP contribution in [-0.4, -0.2) is 12.2 Å². The number of rotatable bonds is 3. The Morgan fingerprint density at radius 1 is 1.50 bits per heavy atom. The van der Waals surface area contributed by atoms with Gasteiger partial charge in [0.05, 0.1) is 6.10 Å². The van der Waals surface area contributed by atoms with Crippen LogP contribution in [0, 0.1) is 5.82 Å². The average molecular weight is 195 g/mol. The maximum Gasteiger partial charge on any atom is 0.240 e. The molecule has 3 nitrogen and oxygen atoms in total. The van der Waals surface area contributed by atoms with E-state index in [0.29, 0.717) is 5.75 Å². The number of halogens is 1. The van der Waals surface area contributed by atoms with Crippen LogP contribution in [0.25, 0.3) is 0 Å². The molecule has 0 radical (unpaired) electrons. The van der Waals surface area contributed by atoms with Crippen molar-refractivity contribution in [2.75, 3.05) is 0 Å². The van der Waals surface area contributed by atoms with Gasteiger partial charge >= 0.3 is 0 Å². The second kappa shape index (κ2) is 4.53. The number of nitrogens with zero attached hydrogens (tertiary/aromatic N) is 1. The fourth-order valence-electron chi connectivity index (χ4n) is 0.981. The van der Waals surface area contributed by atoms with Crippen LogP contribution in [0.3, 0.4) is 0 Å². The lowest BCUT2D eigenvalue weighted by atomic mass is 10.3. The zero-order valence-electron chi connectivity index (χ0n) is 7.95. The molecule has 0 aliphatic rings. The van der Waals surface area contributed by atoms with E-state index in [1.165, 1.54) is 18.2 Å². The highest BCUT2D eigenvalue weighted by Gasteiger charge is 2.05. The molecule has 0 fully saturated rings. The topological polar surface area (TPSA) is 38.7 Å². The quantitative estimate of drug-likeness (QED) is 0.549. The van der Waals surface area contributed by atoms with Crippen molar-refractivity contribution in [3.05, 3.63) is 24.0 Å². The first-order valence-corrected chi connectivity index (χ1v) is 4.17. The largest absolute Gasteiger partial charge is 0.489 e. The standard InChI is InChI=1S/C10H10FNO2/c1-7(2)14-10-4-3-8(11)5-9(10)12-6-13/h3-5,7H,1-2H3. The molecule has 74 valence electrons. The lowest BCUT2D eigenvalue weighted by molar-refractivity contribution is 0.243. The summed E-state index contributed by atoms with van der Waals surface area (Å²) < 4.78 is 18.1. The number of benzene rings is 1. The molecule has 0 spiro atoms. The minimum Gasteiger partial charge on any atom is -0.489 e. The highest BCUT2D eigenvalue weighted by atomic mass is 19.1. The fraction of sp³-hybridized carbons (Fsp3) is 0.300. The number of carbonyl (C=O) groups excluding carboxylic acids is 1. The van der Waals surface area contributed by atoms with Crippen molar-refractivity contribution in [1.82, 2.24) is 0 Å². The van der Waals surface area contributed by atoms with Crippen molar-refractivity contribution in [2.24, 2.45) is 4.99 Å². The van der Waals surface area contributed by atoms with Gasteiger partial charge in [0.2, 0.25) is 6.08 Å². The predicted molar refractivity (Wildman–Crippen MR) is 49.9 cm³/mol. The van der Waals surface area contributed by atoms with E-state index in [1.54, 1.807) is 0 Å². The summed E-state index contributed by atoms with van der Waals surface area (Å²) in [6, 6.07) is 3.82. The van der Waals surface area contributed by atoms with Crippen LogP contribution in [0.2, 0.25) is 0 Å². The Kier molecular flexibility index (Phi) is 3.37. The first-order valence-electron chi connectivity index (χ1n) is 4.17. The third-order valence-electron chi connectivity index (χ3n) is 1.45. The lowest BCUT2D eigenvalue weighted by Crippen LogP contribution is -2.05. The van der Waals surface area contributed by atoms with Crippen LogP contribution in [0.1, 0.15) is 13.8 Å². The molecule has 1 aromatic carbocycles. The van der Waals surface area contributed by atoms with E-state index in [-0.39, 0.29) is 11.8 Å². The summed E-state index contributed by atoms with van der Waals surface area (Å²) in [6.45, 7) is 3.66. The molecule has 0 amide bonds. The lowest BCUT2D eigenvalue weighted by Gasteiger charge is -2.10. The number of aliphatic imine (C=N–C) groups is 1. The van der Waals surface area contributed by atoms with Gasteiger partial charge in [-0.1, -0.05) is 0 Å². The highest BCUT2D eigenvalue weighted by Crippen LogP contribution is 2.28. The molecule has 0 atom stereocenters. The minimum atomic E-state index is -0.463. The van der Waals surface area contributed by atoms with Gasteiger partial charge in [-0.3, -0.25) is 0 Å². The van der Waals surface area contributed by atoms with Crippen molar-refractivity contribution < 1.29 is 13.9 Å². The Labute approximate surface area is 81.2 Å². The first kappa shape index (κ1) is 10.4. The van der Waals surface area contributed by atoms with E-state index in [2.05, 4.69) is 4.99 Å². The van der Waals surface area contributed by atoms with Gasteiger partial charge < -0.3 is 4.74 Å². The number of hydrogen-bond acceptors (Lipinski definition) is 3. The van der Waals surface area contributed by atoms with E-state index >= 15 is 0 Å². The van der Waals surface area contributed by atoms with Crippen LogP contribution < -0.4 is 4.74 Å². The van der Waals surface area contributed by atoms with E-state index < -0.39 is 5.82 Å². The van der Waals surface area contributed by atoms with Crippen molar-refractivity contribution in [1.29, 1.82) is 0 Å². The Morgan fingerprint density at radius 2 is 2.21 bits per heavy atom. The minimum absolute atomic E-state index is 0.0546. The van der Waals surface area contributed by atoms with E-state index in [0.717, 1.165) is 6.07 Å². The Hall–Kier alpha value is -1.67. The molecule has 0 N–H and O–H groups in total. The van der Waals surface area contributed by atoms with E-state index in [1.807, 2.05) is 13.8 Å². The number of isocyanates is 1. The average Bonchev–Trinajstić information content (AvgIpc) is 2.09. The monoisotopic (exact) mass is 195 g/mol. The molecule has 1 aromatic rings. The molecule has 0 heterocycles. The molecule has 0 saturated heterocycles. The normalized spacial score (nSPS) is 9.71. The molecule has 0 saturated carbocycles. The summed E-state index contributed by atoms with van der Waals surface area (Å²) in [5, 5.41) is 0. The molecular formula is C10H10FNO2. The van der Waals surface area contributed by atoms with Gasteiger partial charge in [0.1, 0.15) is 17.3 Å². The maximum atomic E-state index is 12.8. The summed E-state index contributed by atoms with van der Waals surface area (Å²) in [5.74, 6) is -0.0835. The second-order valence-electron chi connectivity index (χ2n) is 2.98. The van der Waals surface area contributed by atoms with Gasteiger partial charge in [0, 0.05) is 6.07 Å². The van der Waals surface area contributed by atoms with Crippen LogP contribution in [0.15, 0.2) is 23.2 Å². The van der Waals surface area contributed by atoms with Crippen LogP contribution in [0.4, 0.5) is 10.1 Å². The molecule has 4 heteroatoms. The molecule has 1 rings (SSSR count).